The third kappa shape index (κ3) is 3.99. The molecule has 0 spiro atoms. The highest BCUT2D eigenvalue weighted by Gasteiger charge is 2.23. The van der Waals surface area contributed by atoms with Crippen molar-refractivity contribution in [1.29, 1.82) is 0 Å². The zero-order chi connectivity index (χ0) is 18.5. The molecule has 1 aromatic carbocycles. The molecule has 1 fully saturated rings. The average Bonchev–Trinajstić information content (AvgIpc) is 2.68. The lowest BCUT2D eigenvalue weighted by Gasteiger charge is -2.31. The molecule has 0 aliphatic heterocycles. The van der Waals surface area contributed by atoms with Crippen LogP contribution in [0.1, 0.15) is 53.0 Å². The standard InChI is InChI=1S/C19H23N5O2/c1-24(15-5-3-2-4-6-15)19(26)13-7-9-14(10-8-13)23-18(25)16-17(20)22-12-11-21-16/h7-12,15H,2-6H2,1H3,(H2,20,22)(H,23,25). The van der Waals surface area contributed by atoms with E-state index in [1.165, 1.54) is 31.7 Å². The molecule has 0 radical (unpaired) electrons. The van der Waals surface area contributed by atoms with E-state index in [1.54, 1.807) is 24.3 Å². The maximum absolute atomic E-state index is 12.6. The van der Waals surface area contributed by atoms with Crippen LogP contribution in [0, 0.1) is 0 Å². The quantitative estimate of drug-likeness (QED) is 0.880. The summed E-state index contributed by atoms with van der Waals surface area (Å²) in [6.07, 6.45) is 8.58. The lowest BCUT2D eigenvalue weighted by atomic mass is 9.94. The van der Waals surface area contributed by atoms with Crippen LogP contribution < -0.4 is 11.1 Å². The van der Waals surface area contributed by atoms with E-state index in [9.17, 15) is 9.59 Å². The number of nitrogens with two attached hydrogens (primary N) is 1. The van der Waals surface area contributed by atoms with E-state index in [0.29, 0.717) is 17.3 Å². The number of anilines is 2. The van der Waals surface area contributed by atoms with Gasteiger partial charge >= 0.3 is 0 Å². The summed E-state index contributed by atoms with van der Waals surface area (Å²) in [4.78, 5) is 34.5. The van der Waals surface area contributed by atoms with Gasteiger partial charge in [-0.1, -0.05) is 19.3 Å². The normalized spacial score (nSPS) is 14.7. The minimum absolute atomic E-state index is 0.00736. The van der Waals surface area contributed by atoms with Gasteiger partial charge in [0.05, 0.1) is 0 Å². The van der Waals surface area contributed by atoms with Gasteiger partial charge in [-0.3, -0.25) is 9.59 Å². The van der Waals surface area contributed by atoms with Gasteiger partial charge in [-0.2, -0.15) is 0 Å². The maximum atomic E-state index is 12.6. The van der Waals surface area contributed by atoms with Crippen LogP contribution in [0.2, 0.25) is 0 Å². The molecule has 1 aliphatic rings. The van der Waals surface area contributed by atoms with Gasteiger partial charge in [0, 0.05) is 36.7 Å². The average molecular weight is 353 g/mol. The van der Waals surface area contributed by atoms with Gasteiger partial charge < -0.3 is 16.0 Å². The minimum atomic E-state index is -0.436. The van der Waals surface area contributed by atoms with Crippen LogP contribution >= 0.6 is 0 Å². The SMILES string of the molecule is CN(C(=O)c1ccc(NC(=O)c2nccnc2N)cc1)C1CCCCC1. The van der Waals surface area contributed by atoms with Crippen LogP contribution in [0.5, 0.6) is 0 Å². The number of hydrogen-bond acceptors (Lipinski definition) is 5. The van der Waals surface area contributed by atoms with Crippen molar-refractivity contribution in [2.24, 2.45) is 0 Å². The number of carbonyl (C=O) groups is 2. The summed E-state index contributed by atoms with van der Waals surface area (Å²) in [6, 6.07) is 7.16. The fourth-order valence-corrected chi connectivity index (χ4v) is 3.25. The first-order valence-corrected chi connectivity index (χ1v) is 8.81. The first-order chi connectivity index (χ1) is 12.6. The third-order valence-electron chi connectivity index (χ3n) is 4.77. The van der Waals surface area contributed by atoms with Crippen LogP contribution in [0.3, 0.4) is 0 Å². The number of aromatic nitrogens is 2. The largest absolute Gasteiger partial charge is 0.382 e. The Morgan fingerprint density at radius 2 is 1.73 bits per heavy atom. The second-order valence-corrected chi connectivity index (χ2v) is 6.53. The molecule has 2 amide bonds. The van der Waals surface area contributed by atoms with Crippen molar-refractivity contribution >= 4 is 23.3 Å². The summed E-state index contributed by atoms with van der Waals surface area (Å²) in [5, 5.41) is 2.71. The van der Waals surface area contributed by atoms with Crippen molar-refractivity contribution in [3.8, 4) is 0 Å². The molecule has 1 heterocycles. The minimum Gasteiger partial charge on any atom is -0.382 e. The molecule has 0 atom stereocenters. The van der Waals surface area contributed by atoms with Crippen LogP contribution in [-0.2, 0) is 0 Å². The predicted molar refractivity (Wildman–Crippen MR) is 99.8 cm³/mol. The summed E-state index contributed by atoms with van der Waals surface area (Å²) in [6.45, 7) is 0. The van der Waals surface area contributed by atoms with E-state index in [-0.39, 0.29) is 17.4 Å². The Kier molecular flexibility index (Phi) is 5.46. The fraction of sp³-hybridized carbons (Fsp3) is 0.368. The van der Waals surface area contributed by atoms with E-state index in [4.69, 9.17) is 5.73 Å². The topological polar surface area (TPSA) is 101 Å². The molecule has 0 unspecified atom stereocenters. The number of benzene rings is 1. The fourth-order valence-electron chi connectivity index (χ4n) is 3.25. The monoisotopic (exact) mass is 353 g/mol. The van der Waals surface area contributed by atoms with E-state index in [1.807, 2.05) is 11.9 Å². The Labute approximate surface area is 152 Å². The highest BCUT2D eigenvalue weighted by Crippen LogP contribution is 2.23. The zero-order valence-corrected chi connectivity index (χ0v) is 14.8. The first kappa shape index (κ1) is 17.8. The van der Waals surface area contributed by atoms with Crippen LogP contribution in [-0.4, -0.2) is 39.8 Å². The van der Waals surface area contributed by atoms with E-state index in [0.717, 1.165) is 12.8 Å². The molecule has 136 valence electrons. The second-order valence-electron chi connectivity index (χ2n) is 6.53. The molecule has 7 nitrogen and oxygen atoms in total. The van der Waals surface area contributed by atoms with Crippen LogP contribution in [0.4, 0.5) is 11.5 Å². The molecule has 7 heteroatoms. The summed E-state index contributed by atoms with van der Waals surface area (Å²) in [7, 11) is 1.87. The lowest BCUT2D eigenvalue weighted by Crippen LogP contribution is -2.38. The molecular weight excluding hydrogens is 330 g/mol. The molecule has 3 N–H and O–H groups in total. The second kappa shape index (κ2) is 7.95. The molecule has 1 saturated carbocycles. The number of hydrogen-bond donors (Lipinski definition) is 2. The van der Waals surface area contributed by atoms with Gasteiger partial charge in [0.15, 0.2) is 11.5 Å². The van der Waals surface area contributed by atoms with Gasteiger partial charge in [0.1, 0.15) is 0 Å². The van der Waals surface area contributed by atoms with Gasteiger partial charge in [-0.15, -0.1) is 0 Å². The molecule has 0 bridgehead atoms. The van der Waals surface area contributed by atoms with Crippen LogP contribution in [0.15, 0.2) is 36.7 Å². The van der Waals surface area contributed by atoms with Crippen molar-refractivity contribution in [1.82, 2.24) is 14.9 Å². The smallest absolute Gasteiger partial charge is 0.278 e. The van der Waals surface area contributed by atoms with E-state index in [2.05, 4.69) is 15.3 Å². The summed E-state index contributed by atoms with van der Waals surface area (Å²) < 4.78 is 0. The number of rotatable bonds is 4. The summed E-state index contributed by atoms with van der Waals surface area (Å²) in [5.41, 5.74) is 6.91. The highest BCUT2D eigenvalue weighted by molar-refractivity contribution is 6.05. The van der Waals surface area contributed by atoms with E-state index >= 15 is 0 Å². The number of nitrogens with one attached hydrogen (secondary N) is 1. The van der Waals surface area contributed by atoms with Crippen molar-refractivity contribution in [3.05, 3.63) is 47.9 Å². The van der Waals surface area contributed by atoms with Crippen molar-refractivity contribution in [2.75, 3.05) is 18.1 Å². The van der Waals surface area contributed by atoms with Gasteiger partial charge in [-0.05, 0) is 37.1 Å². The van der Waals surface area contributed by atoms with Gasteiger partial charge in [-0.25, -0.2) is 9.97 Å². The maximum Gasteiger partial charge on any atom is 0.278 e. The number of nitrogen functional groups attached to an aromatic ring is 1. The molecule has 1 aliphatic carbocycles. The summed E-state index contributed by atoms with van der Waals surface area (Å²) in [5.74, 6) is -0.354. The van der Waals surface area contributed by atoms with Crippen molar-refractivity contribution < 1.29 is 9.59 Å². The molecule has 0 saturated heterocycles. The molecular formula is C19H23N5O2. The predicted octanol–water partition coefficient (Wildman–Crippen LogP) is 2.72. The Hall–Kier alpha value is -2.96. The zero-order valence-electron chi connectivity index (χ0n) is 14.8. The van der Waals surface area contributed by atoms with E-state index < -0.39 is 5.91 Å². The Balaban J connectivity index is 1.65. The van der Waals surface area contributed by atoms with Gasteiger partial charge in [0.25, 0.3) is 11.8 Å². The molecule has 2 aromatic rings. The van der Waals surface area contributed by atoms with Crippen molar-refractivity contribution in [3.63, 3.8) is 0 Å². The number of amides is 2. The van der Waals surface area contributed by atoms with Crippen LogP contribution in [0.25, 0.3) is 0 Å². The Morgan fingerprint density at radius 1 is 1.08 bits per heavy atom. The Morgan fingerprint density at radius 3 is 2.38 bits per heavy atom. The molecule has 3 rings (SSSR count). The van der Waals surface area contributed by atoms with Crippen molar-refractivity contribution in [2.45, 2.75) is 38.1 Å². The molecule has 1 aromatic heterocycles. The Bertz CT molecular complexity index is 785. The number of nitrogens with zero attached hydrogens (tertiary/aromatic N) is 3. The summed E-state index contributed by atoms with van der Waals surface area (Å²) >= 11 is 0. The lowest BCUT2D eigenvalue weighted by molar-refractivity contribution is 0.0696. The highest BCUT2D eigenvalue weighted by atomic mass is 16.2. The molecule has 26 heavy (non-hydrogen) atoms. The number of carbonyl (C=O) groups excluding carboxylic acids is 2. The third-order valence-corrected chi connectivity index (χ3v) is 4.77. The van der Waals surface area contributed by atoms with Gasteiger partial charge in [0.2, 0.25) is 0 Å². The first-order valence-electron chi connectivity index (χ1n) is 8.81.